The van der Waals surface area contributed by atoms with Gasteiger partial charge in [-0.3, -0.25) is 0 Å². The number of hydrogen-bond donors (Lipinski definition) is 0. The molecule has 0 aliphatic carbocycles. The SMILES string of the molecule is [Bi].[Bi].[H-].[H-].[H-].[H-].[H-].[H-].[Mg+2].[Mg+2].[Mg+2]. The van der Waals surface area contributed by atoms with Crippen LogP contribution in [0.25, 0.3) is 0 Å². The molecule has 0 atom stereocenters. The summed E-state index contributed by atoms with van der Waals surface area (Å²) in [6.07, 6.45) is 0. The van der Waals surface area contributed by atoms with Crippen LogP contribution >= 0.6 is 0 Å². The second kappa shape index (κ2) is 24.4. The molecular weight excluding hydrogens is 491 g/mol. The third kappa shape index (κ3) is 18.0. The zero-order valence-corrected chi connectivity index (χ0v) is 14.2. The van der Waals surface area contributed by atoms with E-state index >= 15 is 0 Å². The molecule has 0 spiro atoms. The van der Waals surface area contributed by atoms with Crippen molar-refractivity contribution in [2.75, 3.05) is 0 Å². The minimum absolute atomic E-state index is 0. The van der Waals surface area contributed by atoms with Gasteiger partial charge in [-0.15, -0.1) is 0 Å². The molecule has 0 aliphatic heterocycles. The summed E-state index contributed by atoms with van der Waals surface area (Å²) in [5.41, 5.74) is 0. The third-order valence-corrected chi connectivity index (χ3v) is 0. The molecule has 0 aromatic heterocycles. The maximum atomic E-state index is 0. The standard InChI is InChI=1S/2Bi.3Mg.6H/q;;3*+2;6*-1. The number of hydrogen-bond acceptors (Lipinski definition) is 0. The first kappa shape index (κ1) is 35.7. The van der Waals surface area contributed by atoms with Crippen molar-refractivity contribution in [3.8, 4) is 0 Å². The molecule has 6 radical (unpaired) electrons. The van der Waals surface area contributed by atoms with Crippen molar-refractivity contribution in [2.24, 2.45) is 0 Å². The Hall–Kier alpha value is 4.06. The van der Waals surface area contributed by atoms with Crippen molar-refractivity contribution in [1.82, 2.24) is 0 Å². The molecule has 0 rings (SSSR count). The average Bonchev–Trinajstić information content (AvgIpc) is 0. The van der Waals surface area contributed by atoms with Crippen LogP contribution in [-0.2, 0) is 0 Å². The van der Waals surface area contributed by atoms with Gasteiger partial charge in [-0.25, -0.2) is 0 Å². The van der Waals surface area contributed by atoms with Gasteiger partial charge in [0, 0.05) is 52.4 Å². The summed E-state index contributed by atoms with van der Waals surface area (Å²) in [5.74, 6) is 0. The van der Waals surface area contributed by atoms with E-state index in [9.17, 15) is 0 Å². The molecule has 0 aromatic rings. The molecule has 0 N–H and O–H groups in total. The van der Waals surface area contributed by atoms with Crippen LogP contribution in [0.1, 0.15) is 8.56 Å². The van der Waals surface area contributed by atoms with Crippen molar-refractivity contribution in [1.29, 1.82) is 0 Å². The predicted octanol–water partition coefficient (Wildman–Crippen LogP) is -1.23. The Balaban J connectivity index is 0. The van der Waals surface area contributed by atoms with Crippen LogP contribution in [0, 0.1) is 0 Å². The molecule has 0 aliphatic rings. The van der Waals surface area contributed by atoms with Gasteiger partial charge >= 0.3 is 69.2 Å². The maximum Gasteiger partial charge on any atom is 2.00 e. The van der Waals surface area contributed by atoms with Crippen LogP contribution in [0.5, 0.6) is 0 Å². The van der Waals surface area contributed by atoms with Crippen LogP contribution in [0.3, 0.4) is 0 Å². The Morgan fingerprint density at radius 1 is 0.600 bits per heavy atom. The van der Waals surface area contributed by atoms with Crippen LogP contribution in [-0.4, -0.2) is 122 Å². The summed E-state index contributed by atoms with van der Waals surface area (Å²) in [5, 5.41) is 0. The topological polar surface area (TPSA) is 0 Å². The number of rotatable bonds is 0. The molecule has 0 saturated carbocycles. The minimum atomic E-state index is 0. The van der Waals surface area contributed by atoms with E-state index in [0.29, 0.717) is 0 Å². The molecule has 0 heterocycles. The Morgan fingerprint density at radius 3 is 0.600 bits per heavy atom. The van der Waals surface area contributed by atoms with Crippen molar-refractivity contribution < 1.29 is 8.56 Å². The van der Waals surface area contributed by atoms with Gasteiger partial charge < -0.3 is 8.56 Å². The summed E-state index contributed by atoms with van der Waals surface area (Å²) in [4.78, 5) is 0. The Morgan fingerprint density at radius 2 is 0.600 bits per heavy atom. The monoisotopic (exact) mass is 496 g/mol. The molecular formula is H6Bi2Mg3. The molecule has 5 heavy (non-hydrogen) atoms. The second-order valence-corrected chi connectivity index (χ2v) is 0. The largest absolute Gasteiger partial charge is 2.00 e. The van der Waals surface area contributed by atoms with Crippen molar-refractivity contribution in [2.45, 2.75) is 0 Å². The second-order valence-electron chi connectivity index (χ2n) is 0. The van der Waals surface area contributed by atoms with E-state index in [1.807, 2.05) is 0 Å². The van der Waals surface area contributed by atoms with E-state index in [4.69, 9.17) is 0 Å². The minimum Gasteiger partial charge on any atom is -1.00 e. The van der Waals surface area contributed by atoms with Gasteiger partial charge in [-0.2, -0.15) is 0 Å². The summed E-state index contributed by atoms with van der Waals surface area (Å²) in [7, 11) is 0. The predicted molar refractivity (Wildman–Crippen MR) is 35.4 cm³/mol. The van der Waals surface area contributed by atoms with E-state index in [-0.39, 0.29) is 130 Å². The molecule has 22 valence electrons. The first-order valence-electron chi connectivity index (χ1n) is 0. The Kier molecular flexibility index (Phi) is 174. The van der Waals surface area contributed by atoms with Crippen LogP contribution in [0.15, 0.2) is 0 Å². The van der Waals surface area contributed by atoms with Gasteiger partial charge in [0.15, 0.2) is 0 Å². The average molecular weight is 497 g/mol. The van der Waals surface area contributed by atoms with E-state index in [1.165, 1.54) is 0 Å². The molecule has 0 saturated heterocycles. The van der Waals surface area contributed by atoms with Crippen LogP contribution < -0.4 is 0 Å². The zero-order valence-electron chi connectivity index (χ0n) is 9.02. The molecule has 0 unspecified atom stereocenters. The first-order valence-corrected chi connectivity index (χ1v) is 0. The summed E-state index contributed by atoms with van der Waals surface area (Å²) >= 11 is 0. The van der Waals surface area contributed by atoms with Gasteiger partial charge in [0.05, 0.1) is 0 Å². The fraction of sp³-hybridized carbons (Fsp3) is 0. The van der Waals surface area contributed by atoms with Crippen LogP contribution in [0.4, 0.5) is 0 Å². The zero-order chi connectivity index (χ0) is 0. The fourth-order valence-electron chi connectivity index (χ4n) is 0. The van der Waals surface area contributed by atoms with Gasteiger partial charge in [0.25, 0.3) is 0 Å². The van der Waals surface area contributed by atoms with Crippen LogP contribution in [0.2, 0.25) is 0 Å². The van der Waals surface area contributed by atoms with Gasteiger partial charge in [-0.1, -0.05) is 0 Å². The van der Waals surface area contributed by atoms with Gasteiger partial charge in [0.2, 0.25) is 0 Å². The van der Waals surface area contributed by atoms with Gasteiger partial charge in [-0.05, 0) is 0 Å². The molecule has 0 bridgehead atoms. The molecule has 0 nitrogen and oxygen atoms in total. The fourth-order valence-corrected chi connectivity index (χ4v) is 0. The summed E-state index contributed by atoms with van der Waals surface area (Å²) in [6, 6.07) is 0. The molecule has 0 fully saturated rings. The summed E-state index contributed by atoms with van der Waals surface area (Å²) in [6.45, 7) is 0. The van der Waals surface area contributed by atoms with Crippen molar-refractivity contribution >= 4 is 122 Å². The van der Waals surface area contributed by atoms with E-state index in [1.54, 1.807) is 0 Å². The molecule has 0 amide bonds. The van der Waals surface area contributed by atoms with E-state index in [0.717, 1.165) is 0 Å². The summed E-state index contributed by atoms with van der Waals surface area (Å²) < 4.78 is 0. The normalized spacial score (nSPS) is 0. The third-order valence-electron chi connectivity index (χ3n) is 0. The quantitative estimate of drug-likeness (QED) is 0.369. The first-order chi connectivity index (χ1) is 0. The maximum absolute atomic E-state index is 0. The molecule has 5 heteroatoms. The van der Waals surface area contributed by atoms with Crippen molar-refractivity contribution in [3.05, 3.63) is 0 Å². The molecule has 0 aromatic carbocycles. The van der Waals surface area contributed by atoms with E-state index < -0.39 is 0 Å². The smallest absolute Gasteiger partial charge is 1.00 e. The van der Waals surface area contributed by atoms with E-state index in [2.05, 4.69) is 0 Å². The van der Waals surface area contributed by atoms with Crippen molar-refractivity contribution in [3.63, 3.8) is 0 Å². The Labute approximate surface area is 128 Å². The van der Waals surface area contributed by atoms with Gasteiger partial charge in [0.1, 0.15) is 0 Å². The Bertz CT molecular complexity index is 15.8.